The molecule has 1 unspecified atom stereocenters. The minimum absolute atomic E-state index is 0.222. The van der Waals surface area contributed by atoms with Gasteiger partial charge in [0.2, 0.25) is 0 Å². The van der Waals surface area contributed by atoms with E-state index in [-0.39, 0.29) is 6.04 Å². The van der Waals surface area contributed by atoms with Crippen LogP contribution >= 0.6 is 0 Å². The van der Waals surface area contributed by atoms with E-state index < -0.39 is 0 Å². The Morgan fingerprint density at radius 1 is 1.62 bits per heavy atom. The third-order valence-electron chi connectivity index (χ3n) is 1.42. The molecule has 0 aliphatic rings. The lowest BCUT2D eigenvalue weighted by atomic mass is 10.1. The van der Waals surface area contributed by atoms with Crippen LogP contribution in [-0.2, 0) is 0 Å². The molecule has 2 N–H and O–H groups in total. The number of hydrogen-bond donors (Lipinski definition) is 1. The van der Waals surface area contributed by atoms with Crippen molar-refractivity contribution in [3.63, 3.8) is 0 Å². The van der Waals surface area contributed by atoms with Gasteiger partial charge in [-0.15, -0.1) is 0 Å². The Kier molecular flexibility index (Phi) is 3.53. The molecule has 1 nitrogen and oxygen atoms in total. The number of rotatable bonds is 3. The zero-order valence-electron chi connectivity index (χ0n) is 5.78. The molecule has 1 atom stereocenters. The molecule has 0 amide bonds. The molecule has 0 saturated carbocycles. The average molecular weight is 113 g/mol. The van der Waals surface area contributed by atoms with Crippen LogP contribution in [0, 0.1) is 0 Å². The predicted molar refractivity (Wildman–Crippen MR) is 37.7 cm³/mol. The number of nitrogens with two attached hydrogens (primary N) is 1. The van der Waals surface area contributed by atoms with Gasteiger partial charge in [0.25, 0.3) is 0 Å². The molecule has 0 aromatic rings. The van der Waals surface area contributed by atoms with Crippen molar-refractivity contribution >= 4 is 0 Å². The highest BCUT2D eigenvalue weighted by molar-refractivity contribution is 5.02. The fourth-order valence-corrected chi connectivity index (χ4v) is 0.551. The first-order valence-electron chi connectivity index (χ1n) is 3.15. The summed E-state index contributed by atoms with van der Waals surface area (Å²) in [4.78, 5) is 0. The van der Waals surface area contributed by atoms with Crippen molar-refractivity contribution < 1.29 is 0 Å². The van der Waals surface area contributed by atoms with E-state index >= 15 is 0 Å². The zero-order valence-corrected chi connectivity index (χ0v) is 5.78. The maximum Gasteiger partial charge on any atom is 0.0248 e. The van der Waals surface area contributed by atoms with E-state index in [0.29, 0.717) is 0 Å². The maximum atomic E-state index is 5.63. The first kappa shape index (κ1) is 7.70. The van der Waals surface area contributed by atoms with E-state index in [1.165, 1.54) is 0 Å². The van der Waals surface area contributed by atoms with Crippen molar-refractivity contribution in [2.45, 2.75) is 32.7 Å². The Hall–Kier alpha value is -0.300. The van der Waals surface area contributed by atoms with E-state index in [1.54, 1.807) is 0 Å². The summed E-state index contributed by atoms with van der Waals surface area (Å²) >= 11 is 0. The highest BCUT2D eigenvalue weighted by Gasteiger charge is 1.99. The molecule has 0 heterocycles. The first-order valence-corrected chi connectivity index (χ1v) is 3.15. The summed E-state index contributed by atoms with van der Waals surface area (Å²) in [5.74, 6) is 0. The van der Waals surface area contributed by atoms with Crippen LogP contribution < -0.4 is 5.73 Å². The Bertz CT molecular complexity index is 76.5. The van der Waals surface area contributed by atoms with Crippen LogP contribution in [-0.4, -0.2) is 6.04 Å². The third kappa shape index (κ3) is 2.12. The molecule has 0 fully saturated rings. The minimum Gasteiger partial charge on any atom is -0.324 e. The summed E-state index contributed by atoms with van der Waals surface area (Å²) in [6, 6.07) is 0.222. The molecule has 0 rings (SSSR count). The first-order chi connectivity index (χ1) is 3.72. The quantitative estimate of drug-likeness (QED) is 0.554. The largest absolute Gasteiger partial charge is 0.324 e. The van der Waals surface area contributed by atoms with Gasteiger partial charge < -0.3 is 5.73 Å². The van der Waals surface area contributed by atoms with Gasteiger partial charge in [0.05, 0.1) is 0 Å². The monoisotopic (exact) mass is 113 g/mol. The standard InChI is InChI=1S/C7H15N/c1-4-6(3)7(8)5-2/h7H,3-5,8H2,1-2H3. The zero-order chi connectivity index (χ0) is 6.57. The summed E-state index contributed by atoms with van der Waals surface area (Å²) in [5.41, 5.74) is 6.79. The van der Waals surface area contributed by atoms with Crippen LogP contribution in [0.1, 0.15) is 26.7 Å². The SMILES string of the molecule is C=C(CC)C(N)CC. The highest BCUT2D eigenvalue weighted by Crippen LogP contribution is 2.03. The van der Waals surface area contributed by atoms with Crippen molar-refractivity contribution in [3.05, 3.63) is 12.2 Å². The summed E-state index contributed by atoms with van der Waals surface area (Å²) in [6.07, 6.45) is 2.02. The summed E-state index contributed by atoms with van der Waals surface area (Å²) in [6.45, 7) is 7.98. The molecule has 0 spiro atoms. The molecular weight excluding hydrogens is 98.1 g/mol. The van der Waals surface area contributed by atoms with Gasteiger partial charge in [-0.05, 0) is 12.8 Å². The van der Waals surface area contributed by atoms with Crippen LogP contribution in [0.3, 0.4) is 0 Å². The summed E-state index contributed by atoms with van der Waals surface area (Å²) in [7, 11) is 0. The van der Waals surface area contributed by atoms with Crippen LogP contribution in [0.4, 0.5) is 0 Å². The maximum absolute atomic E-state index is 5.63. The molecule has 0 aliphatic carbocycles. The Morgan fingerprint density at radius 3 is 2.25 bits per heavy atom. The van der Waals surface area contributed by atoms with E-state index in [4.69, 9.17) is 5.73 Å². The lowest BCUT2D eigenvalue weighted by molar-refractivity contribution is 0.717. The van der Waals surface area contributed by atoms with Gasteiger partial charge in [0.1, 0.15) is 0 Å². The molecule has 8 heavy (non-hydrogen) atoms. The molecule has 0 aliphatic heterocycles. The number of hydrogen-bond acceptors (Lipinski definition) is 1. The highest BCUT2D eigenvalue weighted by atomic mass is 14.6. The molecular formula is C7H15N. The smallest absolute Gasteiger partial charge is 0.0248 e. The molecule has 0 aromatic carbocycles. The van der Waals surface area contributed by atoms with Gasteiger partial charge in [0, 0.05) is 6.04 Å². The van der Waals surface area contributed by atoms with Crippen LogP contribution in [0.25, 0.3) is 0 Å². The van der Waals surface area contributed by atoms with Crippen molar-refractivity contribution in [1.82, 2.24) is 0 Å². The fourth-order valence-electron chi connectivity index (χ4n) is 0.551. The summed E-state index contributed by atoms with van der Waals surface area (Å²) < 4.78 is 0. The fraction of sp³-hybridized carbons (Fsp3) is 0.714. The van der Waals surface area contributed by atoms with Gasteiger partial charge in [-0.2, -0.15) is 0 Å². The van der Waals surface area contributed by atoms with Crippen LogP contribution in [0.5, 0.6) is 0 Å². The van der Waals surface area contributed by atoms with Gasteiger partial charge >= 0.3 is 0 Å². The normalized spacial score (nSPS) is 13.4. The molecule has 0 saturated heterocycles. The Labute approximate surface area is 51.6 Å². The van der Waals surface area contributed by atoms with Crippen molar-refractivity contribution in [2.24, 2.45) is 5.73 Å². The average Bonchev–Trinajstić information content (AvgIpc) is 1.84. The molecule has 0 bridgehead atoms. The van der Waals surface area contributed by atoms with E-state index in [0.717, 1.165) is 18.4 Å². The van der Waals surface area contributed by atoms with Gasteiger partial charge in [-0.3, -0.25) is 0 Å². The summed E-state index contributed by atoms with van der Waals surface area (Å²) in [5, 5.41) is 0. The minimum atomic E-state index is 0.222. The molecule has 48 valence electrons. The van der Waals surface area contributed by atoms with Gasteiger partial charge in [-0.1, -0.05) is 26.0 Å². The topological polar surface area (TPSA) is 26.0 Å². The van der Waals surface area contributed by atoms with Crippen molar-refractivity contribution in [3.8, 4) is 0 Å². The molecule has 0 aromatic heterocycles. The molecule has 0 radical (unpaired) electrons. The van der Waals surface area contributed by atoms with Gasteiger partial charge in [-0.25, -0.2) is 0 Å². The Morgan fingerprint density at radius 2 is 2.12 bits per heavy atom. The lowest BCUT2D eigenvalue weighted by Crippen LogP contribution is -2.20. The second kappa shape index (κ2) is 3.67. The van der Waals surface area contributed by atoms with Crippen LogP contribution in [0.2, 0.25) is 0 Å². The lowest BCUT2D eigenvalue weighted by Gasteiger charge is -2.08. The van der Waals surface area contributed by atoms with E-state index in [9.17, 15) is 0 Å². The predicted octanol–water partition coefficient (Wildman–Crippen LogP) is 1.69. The van der Waals surface area contributed by atoms with Crippen LogP contribution in [0.15, 0.2) is 12.2 Å². The third-order valence-corrected chi connectivity index (χ3v) is 1.42. The van der Waals surface area contributed by atoms with E-state index in [1.807, 2.05) is 0 Å². The van der Waals surface area contributed by atoms with Gasteiger partial charge in [0.15, 0.2) is 0 Å². The second-order valence-corrected chi connectivity index (χ2v) is 2.03. The Balaban J connectivity index is 3.46. The van der Waals surface area contributed by atoms with Crippen molar-refractivity contribution in [2.75, 3.05) is 0 Å². The van der Waals surface area contributed by atoms with Crippen molar-refractivity contribution in [1.29, 1.82) is 0 Å². The molecule has 1 heteroatoms. The van der Waals surface area contributed by atoms with E-state index in [2.05, 4.69) is 20.4 Å². The second-order valence-electron chi connectivity index (χ2n) is 2.03.